The van der Waals surface area contributed by atoms with Gasteiger partial charge in [0.05, 0.1) is 5.69 Å². The predicted molar refractivity (Wildman–Crippen MR) is 85.4 cm³/mol. The van der Waals surface area contributed by atoms with Gasteiger partial charge in [-0.2, -0.15) is 5.10 Å². The van der Waals surface area contributed by atoms with Crippen LogP contribution in [0.2, 0.25) is 0 Å². The average Bonchev–Trinajstić information content (AvgIpc) is 2.94. The van der Waals surface area contributed by atoms with Crippen LogP contribution in [0.25, 0.3) is 0 Å². The summed E-state index contributed by atoms with van der Waals surface area (Å²) < 4.78 is 2.01. The van der Waals surface area contributed by atoms with Crippen molar-refractivity contribution in [3.05, 3.63) is 53.9 Å². The monoisotopic (exact) mass is 290 g/mol. The summed E-state index contributed by atoms with van der Waals surface area (Å²) in [5.41, 5.74) is 2.39. The largest absolute Gasteiger partial charge is 0.270 e. The first kappa shape index (κ1) is 15.1. The van der Waals surface area contributed by atoms with E-state index in [0.29, 0.717) is 11.9 Å². The van der Waals surface area contributed by atoms with Crippen LogP contribution in [-0.4, -0.2) is 15.7 Å². The van der Waals surface area contributed by atoms with E-state index in [2.05, 4.69) is 62.4 Å². The minimum Gasteiger partial charge on any atom is -0.270 e. The van der Waals surface area contributed by atoms with Gasteiger partial charge >= 0.3 is 0 Å². The molecule has 1 atom stereocenters. The van der Waals surface area contributed by atoms with E-state index in [1.54, 1.807) is 0 Å². The molecule has 0 N–H and O–H groups in total. The van der Waals surface area contributed by atoms with Crippen LogP contribution in [0.15, 0.2) is 42.6 Å². The van der Waals surface area contributed by atoms with Gasteiger partial charge in [-0.1, -0.05) is 37.3 Å². The van der Waals surface area contributed by atoms with Crippen LogP contribution in [0, 0.1) is 0 Å². The topological polar surface area (TPSA) is 17.8 Å². The first-order valence-corrected chi connectivity index (χ1v) is 7.80. The van der Waals surface area contributed by atoms with E-state index in [0.717, 1.165) is 18.5 Å². The van der Waals surface area contributed by atoms with Gasteiger partial charge in [0.2, 0.25) is 0 Å². The van der Waals surface area contributed by atoms with Gasteiger partial charge in [-0.25, -0.2) is 0 Å². The Morgan fingerprint density at radius 2 is 1.90 bits per heavy atom. The molecule has 0 aliphatic heterocycles. The minimum atomic E-state index is -0.0288. The summed E-state index contributed by atoms with van der Waals surface area (Å²) >= 11 is 6.34. The van der Waals surface area contributed by atoms with Crippen molar-refractivity contribution in [2.75, 3.05) is 5.88 Å². The lowest BCUT2D eigenvalue weighted by atomic mass is 9.76. The number of nitrogens with zero attached hydrogens (tertiary/aromatic N) is 2. The molecule has 0 amide bonds. The lowest BCUT2D eigenvalue weighted by molar-refractivity contribution is 0.444. The molecule has 108 valence electrons. The van der Waals surface area contributed by atoms with Crippen molar-refractivity contribution < 1.29 is 0 Å². The van der Waals surface area contributed by atoms with Gasteiger partial charge in [-0.05, 0) is 31.9 Å². The fraction of sp³-hybridized carbons (Fsp3) is 0.471. The number of rotatable bonds is 6. The Bertz CT molecular complexity index is 527. The Hall–Kier alpha value is -1.28. The van der Waals surface area contributed by atoms with Crippen molar-refractivity contribution in [3.63, 3.8) is 0 Å². The molecule has 0 bridgehead atoms. The maximum atomic E-state index is 6.34. The molecule has 1 unspecified atom stereocenters. The molecule has 0 saturated carbocycles. The molecule has 0 aliphatic rings. The SMILES string of the molecule is CCC(CCl)(Cc1ccn(C(C)C)n1)c1ccccc1. The van der Waals surface area contributed by atoms with Crippen LogP contribution in [0.3, 0.4) is 0 Å². The van der Waals surface area contributed by atoms with E-state index in [-0.39, 0.29) is 5.41 Å². The Labute approximate surface area is 126 Å². The van der Waals surface area contributed by atoms with Crippen LogP contribution in [0.4, 0.5) is 0 Å². The van der Waals surface area contributed by atoms with Crippen LogP contribution >= 0.6 is 11.6 Å². The zero-order chi connectivity index (χ0) is 14.6. The first-order valence-electron chi connectivity index (χ1n) is 7.27. The van der Waals surface area contributed by atoms with E-state index in [9.17, 15) is 0 Å². The molecule has 0 radical (unpaired) electrons. The van der Waals surface area contributed by atoms with Gasteiger partial charge in [0.15, 0.2) is 0 Å². The summed E-state index contributed by atoms with van der Waals surface area (Å²) in [6, 6.07) is 13.1. The highest BCUT2D eigenvalue weighted by atomic mass is 35.5. The Kier molecular flexibility index (Phi) is 4.87. The van der Waals surface area contributed by atoms with Gasteiger partial charge in [-0.15, -0.1) is 11.6 Å². The Morgan fingerprint density at radius 3 is 2.40 bits per heavy atom. The number of alkyl halides is 1. The summed E-state index contributed by atoms with van der Waals surface area (Å²) in [6.45, 7) is 6.49. The number of hydrogen-bond acceptors (Lipinski definition) is 1. The van der Waals surface area contributed by atoms with Crippen LogP contribution in [-0.2, 0) is 11.8 Å². The molecule has 0 fully saturated rings. The molecule has 20 heavy (non-hydrogen) atoms. The maximum Gasteiger partial charge on any atom is 0.0634 e. The van der Waals surface area contributed by atoms with Crippen molar-refractivity contribution in [1.82, 2.24) is 9.78 Å². The summed E-state index contributed by atoms with van der Waals surface area (Å²) in [5.74, 6) is 0.613. The van der Waals surface area contributed by atoms with Crippen molar-refractivity contribution in [2.45, 2.75) is 45.1 Å². The fourth-order valence-corrected chi connectivity index (χ4v) is 2.99. The van der Waals surface area contributed by atoms with Gasteiger partial charge < -0.3 is 0 Å². The third-order valence-electron chi connectivity index (χ3n) is 4.03. The second-order valence-electron chi connectivity index (χ2n) is 5.69. The second kappa shape index (κ2) is 6.45. The molecule has 3 heteroatoms. The van der Waals surface area contributed by atoms with Gasteiger partial charge in [0.1, 0.15) is 0 Å². The highest BCUT2D eigenvalue weighted by Crippen LogP contribution is 2.33. The van der Waals surface area contributed by atoms with Crippen LogP contribution < -0.4 is 0 Å². The lowest BCUT2D eigenvalue weighted by Crippen LogP contribution is -2.30. The van der Waals surface area contributed by atoms with E-state index >= 15 is 0 Å². The van der Waals surface area contributed by atoms with E-state index < -0.39 is 0 Å². The Balaban J connectivity index is 2.29. The molecule has 1 aromatic carbocycles. The van der Waals surface area contributed by atoms with Crippen molar-refractivity contribution in [1.29, 1.82) is 0 Å². The van der Waals surface area contributed by atoms with E-state index in [1.165, 1.54) is 5.56 Å². The normalized spacial score (nSPS) is 14.4. The summed E-state index contributed by atoms with van der Waals surface area (Å²) in [4.78, 5) is 0. The number of benzene rings is 1. The Morgan fingerprint density at radius 1 is 1.20 bits per heavy atom. The van der Waals surface area contributed by atoms with Crippen LogP contribution in [0.5, 0.6) is 0 Å². The molecular formula is C17H23ClN2. The standard InChI is InChI=1S/C17H23ClN2/c1-4-17(13-18,15-8-6-5-7-9-15)12-16-10-11-20(19-16)14(2)3/h5-11,14H,4,12-13H2,1-3H3. The molecule has 0 saturated heterocycles. The van der Waals surface area contributed by atoms with Gasteiger partial charge in [-0.3, -0.25) is 4.68 Å². The molecular weight excluding hydrogens is 268 g/mol. The molecule has 1 heterocycles. The smallest absolute Gasteiger partial charge is 0.0634 e. The number of aromatic nitrogens is 2. The van der Waals surface area contributed by atoms with Crippen LogP contribution in [0.1, 0.15) is 44.5 Å². The molecule has 2 rings (SSSR count). The average molecular weight is 291 g/mol. The minimum absolute atomic E-state index is 0.0288. The predicted octanol–water partition coefficient (Wildman–Crippen LogP) is 4.59. The first-order chi connectivity index (χ1) is 9.61. The van der Waals surface area contributed by atoms with Crippen molar-refractivity contribution in [2.24, 2.45) is 0 Å². The zero-order valence-electron chi connectivity index (χ0n) is 12.5. The summed E-state index contributed by atoms with van der Waals surface area (Å²) in [7, 11) is 0. The third-order valence-corrected chi connectivity index (χ3v) is 4.54. The third kappa shape index (κ3) is 3.06. The van der Waals surface area contributed by atoms with Gasteiger partial charge in [0.25, 0.3) is 0 Å². The summed E-state index contributed by atoms with van der Waals surface area (Å²) in [6.07, 6.45) is 3.95. The maximum absolute atomic E-state index is 6.34. The number of halogens is 1. The quantitative estimate of drug-likeness (QED) is 0.711. The second-order valence-corrected chi connectivity index (χ2v) is 5.96. The molecule has 0 aliphatic carbocycles. The fourth-order valence-electron chi connectivity index (χ4n) is 2.55. The lowest BCUT2D eigenvalue weighted by Gasteiger charge is -2.30. The number of hydrogen-bond donors (Lipinski definition) is 0. The van der Waals surface area contributed by atoms with Crippen molar-refractivity contribution in [3.8, 4) is 0 Å². The molecule has 1 aromatic heterocycles. The highest BCUT2D eigenvalue weighted by Gasteiger charge is 2.30. The molecule has 2 aromatic rings. The van der Waals surface area contributed by atoms with E-state index in [1.807, 2.05) is 10.7 Å². The molecule has 0 spiro atoms. The molecule has 2 nitrogen and oxygen atoms in total. The zero-order valence-corrected chi connectivity index (χ0v) is 13.3. The van der Waals surface area contributed by atoms with E-state index in [4.69, 9.17) is 11.6 Å². The van der Waals surface area contributed by atoms with Gasteiger partial charge in [0, 0.05) is 30.0 Å². The summed E-state index contributed by atoms with van der Waals surface area (Å²) in [5, 5.41) is 4.67. The highest BCUT2D eigenvalue weighted by molar-refractivity contribution is 6.18. The van der Waals surface area contributed by atoms with Crippen molar-refractivity contribution >= 4 is 11.6 Å².